The van der Waals surface area contributed by atoms with E-state index in [2.05, 4.69) is 25.1 Å². The van der Waals surface area contributed by atoms with E-state index in [1.807, 2.05) is 32.0 Å². The molecule has 0 saturated heterocycles. The molecule has 0 aliphatic carbocycles. The van der Waals surface area contributed by atoms with Gasteiger partial charge in [0.15, 0.2) is 0 Å². The van der Waals surface area contributed by atoms with E-state index in [9.17, 15) is 0 Å². The minimum Gasteiger partial charge on any atom is -0.501 e. The molecule has 0 aromatic heterocycles. The lowest BCUT2D eigenvalue weighted by Gasteiger charge is -2.12. The molecule has 0 fully saturated rings. The molecule has 0 amide bonds. The van der Waals surface area contributed by atoms with Gasteiger partial charge in [-0.15, -0.1) is 0 Å². The highest BCUT2D eigenvalue weighted by molar-refractivity contribution is 5.79. The second-order valence-electron chi connectivity index (χ2n) is 3.47. The predicted molar refractivity (Wildman–Crippen MR) is 65.5 cm³/mol. The molecular formula is C14H18O. The molecule has 0 heterocycles. The van der Waals surface area contributed by atoms with E-state index in [-0.39, 0.29) is 0 Å². The highest BCUT2D eigenvalue weighted by atomic mass is 16.5. The van der Waals surface area contributed by atoms with E-state index < -0.39 is 0 Å². The first-order chi connectivity index (χ1) is 7.20. The highest BCUT2D eigenvalue weighted by Gasteiger charge is 2.07. The Balaban J connectivity index is 3.27. The second kappa shape index (κ2) is 5.40. The standard InChI is InChI=1S/C14H18O/c1-5-11(2)14(12(3)15-4)13-9-7-6-8-10-13/h5-10H,1-4H3/b11-5-,14-12+. The Hall–Kier alpha value is -1.50. The summed E-state index contributed by atoms with van der Waals surface area (Å²) >= 11 is 0. The second-order valence-corrected chi connectivity index (χ2v) is 3.47. The van der Waals surface area contributed by atoms with Crippen molar-refractivity contribution in [2.75, 3.05) is 7.11 Å². The first-order valence-electron chi connectivity index (χ1n) is 5.14. The summed E-state index contributed by atoms with van der Waals surface area (Å²) in [6, 6.07) is 10.3. The van der Waals surface area contributed by atoms with Crippen LogP contribution in [0.3, 0.4) is 0 Å². The predicted octanol–water partition coefficient (Wildman–Crippen LogP) is 4.03. The molecule has 1 rings (SSSR count). The molecule has 0 radical (unpaired) electrons. The monoisotopic (exact) mass is 202 g/mol. The summed E-state index contributed by atoms with van der Waals surface area (Å²) in [6.45, 7) is 6.14. The van der Waals surface area contributed by atoms with Gasteiger partial charge in [-0.05, 0) is 31.9 Å². The van der Waals surface area contributed by atoms with Crippen molar-refractivity contribution < 1.29 is 4.74 Å². The van der Waals surface area contributed by atoms with Gasteiger partial charge in [0.1, 0.15) is 5.76 Å². The van der Waals surface area contributed by atoms with Gasteiger partial charge in [-0.25, -0.2) is 0 Å². The van der Waals surface area contributed by atoms with E-state index in [0.29, 0.717) is 0 Å². The minimum atomic E-state index is 0.955. The molecule has 0 saturated carbocycles. The van der Waals surface area contributed by atoms with Crippen molar-refractivity contribution in [1.29, 1.82) is 0 Å². The molecular weight excluding hydrogens is 184 g/mol. The van der Waals surface area contributed by atoms with Gasteiger partial charge in [-0.3, -0.25) is 0 Å². The van der Waals surface area contributed by atoms with Crippen LogP contribution < -0.4 is 0 Å². The van der Waals surface area contributed by atoms with E-state index >= 15 is 0 Å². The molecule has 80 valence electrons. The average molecular weight is 202 g/mol. The lowest BCUT2D eigenvalue weighted by molar-refractivity contribution is 0.296. The van der Waals surface area contributed by atoms with Crippen molar-refractivity contribution in [3.63, 3.8) is 0 Å². The van der Waals surface area contributed by atoms with Gasteiger partial charge in [-0.1, -0.05) is 36.4 Å². The summed E-state index contributed by atoms with van der Waals surface area (Å²) < 4.78 is 5.33. The van der Waals surface area contributed by atoms with Crippen molar-refractivity contribution >= 4 is 5.57 Å². The molecule has 1 aromatic carbocycles. The maximum absolute atomic E-state index is 5.33. The molecule has 0 unspecified atom stereocenters. The molecule has 0 N–H and O–H groups in total. The van der Waals surface area contributed by atoms with Crippen LogP contribution in [0.25, 0.3) is 5.57 Å². The van der Waals surface area contributed by atoms with Gasteiger partial charge in [0, 0.05) is 5.57 Å². The van der Waals surface area contributed by atoms with Crippen LogP contribution in [0.4, 0.5) is 0 Å². The molecule has 1 heteroatoms. The first kappa shape index (κ1) is 11.6. The fraction of sp³-hybridized carbons (Fsp3) is 0.286. The summed E-state index contributed by atoms with van der Waals surface area (Å²) in [7, 11) is 1.71. The Morgan fingerprint density at radius 1 is 1.13 bits per heavy atom. The Labute approximate surface area is 92.1 Å². The molecule has 0 aliphatic rings. The van der Waals surface area contributed by atoms with Crippen LogP contribution >= 0.6 is 0 Å². The van der Waals surface area contributed by atoms with Crippen molar-refractivity contribution in [3.05, 3.63) is 53.3 Å². The van der Waals surface area contributed by atoms with E-state index in [0.717, 1.165) is 5.76 Å². The van der Waals surface area contributed by atoms with Gasteiger partial charge < -0.3 is 4.74 Å². The number of benzene rings is 1. The smallest absolute Gasteiger partial charge is 0.100 e. The quantitative estimate of drug-likeness (QED) is 0.531. The maximum Gasteiger partial charge on any atom is 0.100 e. The summed E-state index contributed by atoms with van der Waals surface area (Å²) in [5.74, 6) is 0.955. The largest absolute Gasteiger partial charge is 0.501 e. The van der Waals surface area contributed by atoms with Crippen molar-refractivity contribution in [1.82, 2.24) is 0 Å². The van der Waals surface area contributed by atoms with Crippen LogP contribution in [-0.2, 0) is 4.74 Å². The molecule has 0 aliphatic heterocycles. The highest BCUT2D eigenvalue weighted by Crippen LogP contribution is 2.26. The number of hydrogen-bond acceptors (Lipinski definition) is 1. The molecule has 1 aromatic rings. The van der Waals surface area contributed by atoms with Crippen LogP contribution in [0.1, 0.15) is 26.3 Å². The molecule has 0 bridgehead atoms. The van der Waals surface area contributed by atoms with Crippen LogP contribution in [0, 0.1) is 0 Å². The number of methoxy groups -OCH3 is 1. The maximum atomic E-state index is 5.33. The van der Waals surface area contributed by atoms with Crippen molar-refractivity contribution in [2.24, 2.45) is 0 Å². The van der Waals surface area contributed by atoms with Crippen LogP contribution in [0.2, 0.25) is 0 Å². The van der Waals surface area contributed by atoms with E-state index in [4.69, 9.17) is 4.74 Å². The average Bonchev–Trinajstić information content (AvgIpc) is 2.30. The van der Waals surface area contributed by atoms with Crippen LogP contribution in [0.5, 0.6) is 0 Å². The van der Waals surface area contributed by atoms with E-state index in [1.54, 1.807) is 7.11 Å². The summed E-state index contributed by atoms with van der Waals surface area (Å²) in [6.07, 6.45) is 2.10. The Morgan fingerprint density at radius 2 is 1.73 bits per heavy atom. The third-order valence-electron chi connectivity index (χ3n) is 2.55. The Kier molecular flexibility index (Phi) is 4.17. The third kappa shape index (κ3) is 2.72. The first-order valence-corrected chi connectivity index (χ1v) is 5.14. The summed E-state index contributed by atoms with van der Waals surface area (Å²) in [5, 5.41) is 0. The topological polar surface area (TPSA) is 9.23 Å². The van der Waals surface area contributed by atoms with Gasteiger partial charge in [0.2, 0.25) is 0 Å². The molecule has 1 nitrogen and oxygen atoms in total. The van der Waals surface area contributed by atoms with E-state index in [1.165, 1.54) is 16.7 Å². The number of allylic oxidation sites excluding steroid dienone is 4. The number of ether oxygens (including phenoxy) is 1. The number of hydrogen-bond donors (Lipinski definition) is 0. The van der Waals surface area contributed by atoms with Crippen molar-refractivity contribution in [2.45, 2.75) is 20.8 Å². The minimum absolute atomic E-state index is 0.955. The number of rotatable bonds is 3. The van der Waals surface area contributed by atoms with Crippen LogP contribution in [0.15, 0.2) is 47.7 Å². The SMILES string of the molecule is C/C=C(C)\C(=C(\C)OC)c1ccccc1. The van der Waals surface area contributed by atoms with Crippen LogP contribution in [-0.4, -0.2) is 7.11 Å². The van der Waals surface area contributed by atoms with Gasteiger partial charge in [0.25, 0.3) is 0 Å². The van der Waals surface area contributed by atoms with Crippen molar-refractivity contribution in [3.8, 4) is 0 Å². The summed E-state index contributed by atoms with van der Waals surface area (Å²) in [5.41, 5.74) is 3.62. The fourth-order valence-corrected chi connectivity index (χ4v) is 1.56. The normalized spacial score (nSPS) is 13.5. The molecule has 15 heavy (non-hydrogen) atoms. The zero-order chi connectivity index (χ0) is 11.3. The zero-order valence-electron chi connectivity index (χ0n) is 9.87. The van der Waals surface area contributed by atoms with Gasteiger partial charge in [-0.2, -0.15) is 0 Å². The summed E-state index contributed by atoms with van der Waals surface area (Å²) in [4.78, 5) is 0. The molecule has 0 spiro atoms. The van der Waals surface area contributed by atoms with Gasteiger partial charge in [0.05, 0.1) is 7.11 Å². The third-order valence-corrected chi connectivity index (χ3v) is 2.55. The Morgan fingerprint density at radius 3 is 2.20 bits per heavy atom. The van der Waals surface area contributed by atoms with Gasteiger partial charge >= 0.3 is 0 Å². The molecule has 0 atom stereocenters. The fourth-order valence-electron chi connectivity index (χ4n) is 1.56. The Bertz CT molecular complexity index is 372. The zero-order valence-corrected chi connectivity index (χ0v) is 9.87. The lowest BCUT2D eigenvalue weighted by atomic mass is 9.98. The lowest BCUT2D eigenvalue weighted by Crippen LogP contribution is -1.93.